The van der Waals surface area contributed by atoms with Crippen molar-refractivity contribution in [2.45, 2.75) is 18.3 Å². The Kier molecular flexibility index (Phi) is 14.5. The van der Waals surface area contributed by atoms with Gasteiger partial charge in [0.2, 0.25) is 0 Å². The SMILES string of the molecule is O=CCN(CC(O)CO)c1c(I)c(C(=O)NCC(O)CO)c(I)c(C(=O)NCC(O)CO)c1I. The van der Waals surface area contributed by atoms with Crippen LogP contribution in [-0.4, -0.2) is 113 Å². The maximum atomic E-state index is 13.0. The zero-order valence-electron chi connectivity index (χ0n) is 17.7. The van der Waals surface area contributed by atoms with E-state index in [-0.39, 0.29) is 40.9 Å². The number of amides is 2. The quantitative estimate of drug-likeness (QED) is 0.0770. The molecule has 0 bridgehead atoms. The molecule has 3 atom stereocenters. The molecule has 0 radical (unpaired) electrons. The lowest BCUT2D eigenvalue weighted by atomic mass is 10.1. The third-order valence-corrected chi connectivity index (χ3v) is 7.60. The van der Waals surface area contributed by atoms with Crippen molar-refractivity contribution in [3.63, 3.8) is 0 Å². The fraction of sp³-hybridized carbons (Fsp3) is 0.526. The van der Waals surface area contributed by atoms with Crippen molar-refractivity contribution in [2.24, 2.45) is 0 Å². The molecule has 0 saturated carbocycles. The topological polar surface area (TPSA) is 200 Å². The number of aliphatic hydroxyl groups excluding tert-OH is 6. The number of aliphatic hydroxyl groups is 6. The van der Waals surface area contributed by atoms with Crippen LogP contribution in [0.5, 0.6) is 0 Å². The molecule has 0 spiro atoms. The van der Waals surface area contributed by atoms with Gasteiger partial charge in [-0.1, -0.05) is 0 Å². The molecule has 34 heavy (non-hydrogen) atoms. The predicted octanol–water partition coefficient (Wildman–Crippen LogP) is -1.98. The zero-order chi connectivity index (χ0) is 26.0. The predicted molar refractivity (Wildman–Crippen MR) is 147 cm³/mol. The number of nitrogens with one attached hydrogen (secondary N) is 2. The number of hydrogen-bond donors (Lipinski definition) is 8. The van der Waals surface area contributed by atoms with Crippen molar-refractivity contribution >= 4 is 91.6 Å². The summed E-state index contributed by atoms with van der Waals surface area (Å²) in [4.78, 5) is 38.8. The molecule has 12 nitrogen and oxygen atoms in total. The van der Waals surface area contributed by atoms with E-state index in [0.29, 0.717) is 19.1 Å². The van der Waals surface area contributed by atoms with Crippen LogP contribution in [-0.2, 0) is 4.79 Å². The third kappa shape index (κ3) is 8.61. The molecule has 0 aliphatic heterocycles. The summed E-state index contributed by atoms with van der Waals surface area (Å²) in [5, 5.41) is 61.4. The van der Waals surface area contributed by atoms with E-state index in [9.17, 15) is 34.8 Å². The van der Waals surface area contributed by atoms with Gasteiger partial charge in [0.1, 0.15) is 6.29 Å². The summed E-state index contributed by atoms with van der Waals surface area (Å²) >= 11 is 5.57. The Morgan fingerprint density at radius 1 is 0.794 bits per heavy atom. The Balaban J connectivity index is 3.69. The number of halogens is 3. The number of rotatable bonds is 14. The summed E-state index contributed by atoms with van der Waals surface area (Å²) in [6, 6.07) is 0. The molecule has 192 valence electrons. The molecule has 0 fully saturated rings. The van der Waals surface area contributed by atoms with E-state index in [2.05, 4.69) is 10.6 Å². The van der Waals surface area contributed by atoms with Crippen LogP contribution in [0.15, 0.2) is 0 Å². The number of carbonyl (C=O) groups excluding carboxylic acids is 3. The van der Waals surface area contributed by atoms with Crippen molar-refractivity contribution < 1.29 is 45.0 Å². The van der Waals surface area contributed by atoms with Crippen LogP contribution in [0.4, 0.5) is 5.69 Å². The number of aldehydes is 1. The van der Waals surface area contributed by atoms with Gasteiger partial charge in [0.05, 0.1) is 68.6 Å². The average molecular weight is 821 g/mol. The van der Waals surface area contributed by atoms with Gasteiger partial charge >= 0.3 is 0 Å². The number of benzene rings is 1. The average Bonchev–Trinajstić information content (AvgIpc) is 2.80. The molecular weight excluding hydrogens is 795 g/mol. The second kappa shape index (κ2) is 15.6. The van der Waals surface area contributed by atoms with Crippen LogP contribution in [0.1, 0.15) is 20.7 Å². The lowest BCUT2D eigenvalue weighted by Gasteiger charge is -2.29. The normalized spacial score (nSPS) is 13.7. The number of hydrogen-bond acceptors (Lipinski definition) is 10. The van der Waals surface area contributed by atoms with Crippen molar-refractivity contribution in [1.82, 2.24) is 10.6 Å². The molecule has 0 aromatic heterocycles. The lowest BCUT2D eigenvalue weighted by molar-refractivity contribution is -0.106. The number of anilines is 1. The van der Waals surface area contributed by atoms with Crippen LogP contribution < -0.4 is 15.5 Å². The molecule has 0 aliphatic rings. The Labute approximate surface area is 236 Å². The molecule has 1 aromatic rings. The van der Waals surface area contributed by atoms with E-state index in [1.807, 2.05) is 67.8 Å². The molecule has 0 aliphatic carbocycles. The van der Waals surface area contributed by atoms with E-state index in [1.54, 1.807) is 0 Å². The minimum atomic E-state index is -1.21. The first-order valence-corrected chi connectivity index (χ1v) is 13.1. The van der Waals surface area contributed by atoms with Crippen LogP contribution in [0, 0.1) is 10.7 Å². The van der Waals surface area contributed by atoms with Crippen LogP contribution in [0.25, 0.3) is 0 Å². The second-order valence-electron chi connectivity index (χ2n) is 7.04. The largest absolute Gasteiger partial charge is 0.394 e. The van der Waals surface area contributed by atoms with Crippen LogP contribution in [0.2, 0.25) is 0 Å². The zero-order valence-corrected chi connectivity index (χ0v) is 24.2. The van der Waals surface area contributed by atoms with Gasteiger partial charge < -0.3 is 51.0 Å². The summed E-state index contributed by atoms with van der Waals surface area (Å²) in [6.07, 6.45) is -3.03. The third-order valence-electron chi connectivity index (χ3n) is 4.42. The monoisotopic (exact) mass is 821 g/mol. The Bertz CT molecular complexity index is 822. The minimum absolute atomic E-state index is 0.0593. The highest BCUT2D eigenvalue weighted by atomic mass is 127. The maximum absolute atomic E-state index is 13.0. The molecule has 8 N–H and O–H groups in total. The fourth-order valence-electron chi connectivity index (χ4n) is 2.71. The summed E-state index contributed by atoms with van der Waals surface area (Å²) in [6.45, 7) is -2.61. The first-order valence-electron chi connectivity index (χ1n) is 9.86. The first-order chi connectivity index (χ1) is 16.0. The highest BCUT2D eigenvalue weighted by Gasteiger charge is 2.31. The van der Waals surface area contributed by atoms with E-state index in [1.165, 1.54) is 4.90 Å². The van der Waals surface area contributed by atoms with Gasteiger partial charge in [-0.2, -0.15) is 0 Å². The summed E-state index contributed by atoms with van der Waals surface area (Å²) < 4.78 is 0.943. The first kappa shape index (κ1) is 31.6. The maximum Gasteiger partial charge on any atom is 0.253 e. The number of carbonyl (C=O) groups is 3. The van der Waals surface area contributed by atoms with E-state index < -0.39 is 49.9 Å². The molecule has 1 rings (SSSR count). The van der Waals surface area contributed by atoms with Gasteiger partial charge in [-0.05, 0) is 67.8 Å². The van der Waals surface area contributed by atoms with Gasteiger partial charge in [0.15, 0.2) is 0 Å². The summed E-state index contributed by atoms with van der Waals surface area (Å²) in [5.41, 5.74) is 0.412. The van der Waals surface area contributed by atoms with E-state index in [0.717, 1.165) is 0 Å². The van der Waals surface area contributed by atoms with Gasteiger partial charge in [-0.3, -0.25) is 9.59 Å². The smallest absolute Gasteiger partial charge is 0.253 e. The molecular formula is C19H26I3N3O9. The van der Waals surface area contributed by atoms with Crippen molar-refractivity contribution in [3.05, 3.63) is 21.8 Å². The van der Waals surface area contributed by atoms with Gasteiger partial charge in [0, 0.05) is 23.2 Å². The highest BCUT2D eigenvalue weighted by molar-refractivity contribution is 14.1. The molecule has 0 heterocycles. The fourth-order valence-corrected chi connectivity index (χ4v) is 7.54. The highest BCUT2D eigenvalue weighted by Crippen LogP contribution is 2.38. The lowest BCUT2D eigenvalue weighted by Crippen LogP contribution is -2.40. The summed E-state index contributed by atoms with van der Waals surface area (Å²) in [7, 11) is 0. The van der Waals surface area contributed by atoms with Crippen LogP contribution in [0.3, 0.4) is 0 Å². The molecule has 2 amide bonds. The number of nitrogens with zero attached hydrogens (tertiary/aromatic N) is 1. The Morgan fingerprint density at radius 3 is 1.56 bits per heavy atom. The second-order valence-corrected chi connectivity index (χ2v) is 10.3. The van der Waals surface area contributed by atoms with Crippen molar-refractivity contribution in [3.8, 4) is 0 Å². The van der Waals surface area contributed by atoms with E-state index >= 15 is 0 Å². The molecule has 1 aromatic carbocycles. The summed E-state index contributed by atoms with van der Waals surface area (Å²) in [5.74, 6) is -1.31. The molecule has 0 saturated heterocycles. The Morgan fingerprint density at radius 2 is 1.21 bits per heavy atom. The van der Waals surface area contributed by atoms with Gasteiger partial charge in [-0.15, -0.1) is 0 Å². The standard InChI is InChI=1S/C19H26I3N3O9/c20-14-12(18(33)23-3-9(30)6-27)15(21)17(25(1-2-26)5-11(32)8-29)16(22)13(14)19(34)24-4-10(31)7-28/h2,9-11,27-32H,1,3-8H2,(H,23,33)(H,24,34). The minimum Gasteiger partial charge on any atom is -0.394 e. The van der Waals surface area contributed by atoms with E-state index in [4.69, 9.17) is 10.2 Å². The molecule has 15 heteroatoms. The van der Waals surface area contributed by atoms with Crippen LogP contribution >= 0.6 is 67.8 Å². The van der Waals surface area contributed by atoms with Gasteiger partial charge in [0.25, 0.3) is 11.8 Å². The molecule has 3 unspecified atom stereocenters. The Hall–Kier alpha value is -0.420. The van der Waals surface area contributed by atoms with Crippen molar-refractivity contribution in [2.75, 3.05) is 50.9 Å². The van der Waals surface area contributed by atoms with Crippen molar-refractivity contribution in [1.29, 1.82) is 0 Å². The van der Waals surface area contributed by atoms with Gasteiger partial charge in [-0.25, -0.2) is 0 Å².